The molecule has 1 amide bonds. The van der Waals surface area contributed by atoms with Gasteiger partial charge in [-0.2, -0.15) is 0 Å². The summed E-state index contributed by atoms with van der Waals surface area (Å²) in [5, 5.41) is 12.6. The van der Waals surface area contributed by atoms with Crippen molar-refractivity contribution in [3.05, 3.63) is 71.3 Å². The molecule has 1 saturated carbocycles. The van der Waals surface area contributed by atoms with Crippen molar-refractivity contribution in [2.45, 2.75) is 31.7 Å². The van der Waals surface area contributed by atoms with Gasteiger partial charge in [-0.15, -0.1) is 0 Å². The summed E-state index contributed by atoms with van der Waals surface area (Å²) in [6, 6.07) is 17.9. The van der Waals surface area contributed by atoms with Gasteiger partial charge < -0.3 is 10.4 Å². The molecule has 0 aromatic heterocycles. The Kier molecular flexibility index (Phi) is 4.77. The number of nitrogens with one attached hydrogen (secondary N) is 1. The Morgan fingerprint density at radius 1 is 1.17 bits per heavy atom. The molecule has 0 bridgehead atoms. The SMILES string of the molecule is CCc1ccc(C(CO)NC(=O)C2CC2c2ccccc2)cc1. The molecule has 1 fully saturated rings. The Balaban J connectivity index is 1.62. The number of aliphatic hydroxyl groups excluding tert-OH is 1. The van der Waals surface area contributed by atoms with E-state index < -0.39 is 0 Å². The van der Waals surface area contributed by atoms with E-state index in [-0.39, 0.29) is 24.5 Å². The lowest BCUT2D eigenvalue weighted by atomic mass is 10.0. The zero-order valence-corrected chi connectivity index (χ0v) is 13.4. The van der Waals surface area contributed by atoms with E-state index in [2.05, 4.69) is 24.4 Å². The molecule has 3 heteroatoms. The zero-order valence-electron chi connectivity index (χ0n) is 13.4. The molecule has 0 heterocycles. The van der Waals surface area contributed by atoms with Crippen molar-refractivity contribution >= 4 is 5.91 Å². The maximum atomic E-state index is 12.4. The van der Waals surface area contributed by atoms with Gasteiger partial charge in [0.25, 0.3) is 0 Å². The summed E-state index contributed by atoms with van der Waals surface area (Å²) in [5.74, 6) is 0.386. The first-order valence-corrected chi connectivity index (χ1v) is 8.28. The molecule has 2 aromatic carbocycles. The topological polar surface area (TPSA) is 49.3 Å². The summed E-state index contributed by atoms with van der Waals surface area (Å²) in [6.07, 6.45) is 1.88. The number of rotatable bonds is 6. The smallest absolute Gasteiger partial charge is 0.224 e. The zero-order chi connectivity index (χ0) is 16.2. The standard InChI is InChI=1S/C20H23NO2/c1-2-14-8-10-16(11-9-14)19(13-22)21-20(23)18-12-17(18)15-6-4-3-5-7-15/h3-11,17-19,22H,2,12-13H2,1H3,(H,21,23). The van der Waals surface area contributed by atoms with E-state index in [1.165, 1.54) is 11.1 Å². The summed E-state index contributed by atoms with van der Waals surface area (Å²) < 4.78 is 0. The number of carbonyl (C=O) groups is 1. The predicted molar refractivity (Wildman–Crippen MR) is 91.1 cm³/mol. The first kappa shape index (κ1) is 15.8. The van der Waals surface area contributed by atoms with Crippen LogP contribution < -0.4 is 5.32 Å². The Hall–Kier alpha value is -2.13. The van der Waals surface area contributed by atoms with Crippen LogP contribution in [0.15, 0.2) is 54.6 Å². The van der Waals surface area contributed by atoms with Crippen LogP contribution in [0.25, 0.3) is 0 Å². The second kappa shape index (κ2) is 6.97. The van der Waals surface area contributed by atoms with Crippen LogP contribution in [-0.4, -0.2) is 17.6 Å². The van der Waals surface area contributed by atoms with E-state index in [1.54, 1.807) is 0 Å². The van der Waals surface area contributed by atoms with Gasteiger partial charge in [0.15, 0.2) is 0 Å². The molecule has 0 radical (unpaired) electrons. The molecular weight excluding hydrogens is 286 g/mol. The van der Waals surface area contributed by atoms with Gasteiger partial charge in [0, 0.05) is 5.92 Å². The molecule has 120 valence electrons. The van der Waals surface area contributed by atoms with E-state index in [4.69, 9.17) is 0 Å². The first-order valence-electron chi connectivity index (χ1n) is 8.28. The molecule has 0 spiro atoms. The van der Waals surface area contributed by atoms with Crippen molar-refractivity contribution in [2.24, 2.45) is 5.92 Å². The molecule has 23 heavy (non-hydrogen) atoms. The molecular formula is C20H23NO2. The molecule has 0 aliphatic heterocycles. The third kappa shape index (κ3) is 3.62. The van der Waals surface area contributed by atoms with Crippen LogP contribution in [0.2, 0.25) is 0 Å². The first-order chi connectivity index (χ1) is 11.2. The van der Waals surface area contributed by atoms with Crippen molar-refractivity contribution in [3.63, 3.8) is 0 Å². The fourth-order valence-corrected chi connectivity index (χ4v) is 3.05. The molecule has 1 aliphatic rings. The van der Waals surface area contributed by atoms with Gasteiger partial charge in [0.1, 0.15) is 0 Å². The molecule has 0 saturated heterocycles. The molecule has 3 nitrogen and oxygen atoms in total. The van der Waals surface area contributed by atoms with Gasteiger partial charge in [-0.3, -0.25) is 4.79 Å². The lowest BCUT2D eigenvalue weighted by Gasteiger charge is -2.17. The summed E-state index contributed by atoms with van der Waals surface area (Å²) in [4.78, 5) is 12.4. The fourth-order valence-electron chi connectivity index (χ4n) is 3.05. The minimum atomic E-state index is -0.328. The summed E-state index contributed by atoms with van der Waals surface area (Å²) in [5.41, 5.74) is 3.43. The highest BCUT2D eigenvalue weighted by molar-refractivity contribution is 5.83. The number of benzene rings is 2. The summed E-state index contributed by atoms with van der Waals surface area (Å²) >= 11 is 0. The normalized spacial score (nSPS) is 20.8. The Bertz CT molecular complexity index is 651. The van der Waals surface area contributed by atoms with E-state index in [0.29, 0.717) is 5.92 Å². The van der Waals surface area contributed by atoms with Gasteiger partial charge in [-0.25, -0.2) is 0 Å². The molecule has 3 atom stereocenters. The van der Waals surface area contributed by atoms with Crippen molar-refractivity contribution in [3.8, 4) is 0 Å². The highest BCUT2D eigenvalue weighted by Crippen LogP contribution is 2.47. The van der Waals surface area contributed by atoms with Gasteiger partial charge in [0.2, 0.25) is 5.91 Å². The second-order valence-electron chi connectivity index (χ2n) is 6.20. The van der Waals surface area contributed by atoms with Crippen LogP contribution in [0.5, 0.6) is 0 Å². The number of aryl methyl sites for hydroxylation is 1. The molecule has 2 aromatic rings. The molecule has 3 rings (SSSR count). The number of carbonyl (C=O) groups excluding carboxylic acids is 1. The summed E-state index contributed by atoms with van der Waals surface area (Å²) in [7, 11) is 0. The average molecular weight is 309 g/mol. The van der Waals surface area contributed by atoms with Crippen molar-refractivity contribution < 1.29 is 9.90 Å². The lowest BCUT2D eigenvalue weighted by molar-refractivity contribution is -0.123. The van der Waals surface area contributed by atoms with Crippen molar-refractivity contribution in [2.75, 3.05) is 6.61 Å². The number of hydrogen-bond acceptors (Lipinski definition) is 2. The van der Waals surface area contributed by atoms with E-state index in [0.717, 1.165) is 18.4 Å². The van der Waals surface area contributed by atoms with Gasteiger partial charge in [-0.1, -0.05) is 61.5 Å². The minimum absolute atomic E-state index is 0.0290. The summed E-state index contributed by atoms with van der Waals surface area (Å²) in [6.45, 7) is 2.02. The molecule has 3 unspecified atom stereocenters. The number of aliphatic hydroxyl groups is 1. The Labute approximate surface area is 137 Å². The van der Waals surface area contributed by atoms with E-state index in [9.17, 15) is 9.90 Å². The van der Waals surface area contributed by atoms with Crippen molar-refractivity contribution in [1.29, 1.82) is 0 Å². The van der Waals surface area contributed by atoms with E-state index in [1.807, 2.05) is 42.5 Å². The molecule has 1 aliphatic carbocycles. The van der Waals surface area contributed by atoms with Crippen LogP contribution in [0.1, 0.15) is 42.0 Å². The van der Waals surface area contributed by atoms with Crippen LogP contribution >= 0.6 is 0 Å². The average Bonchev–Trinajstić information content (AvgIpc) is 3.41. The maximum Gasteiger partial charge on any atom is 0.224 e. The Morgan fingerprint density at radius 3 is 2.48 bits per heavy atom. The predicted octanol–water partition coefficient (Wildman–Crippen LogP) is 3.20. The van der Waals surface area contributed by atoms with Crippen molar-refractivity contribution in [1.82, 2.24) is 5.32 Å². The number of hydrogen-bond donors (Lipinski definition) is 2. The quantitative estimate of drug-likeness (QED) is 0.861. The highest BCUT2D eigenvalue weighted by Gasteiger charge is 2.44. The number of amides is 1. The largest absolute Gasteiger partial charge is 0.394 e. The van der Waals surface area contributed by atoms with Crippen LogP contribution in [0.3, 0.4) is 0 Å². The van der Waals surface area contributed by atoms with Gasteiger partial charge in [0.05, 0.1) is 12.6 Å². The van der Waals surface area contributed by atoms with Gasteiger partial charge >= 0.3 is 0 Å². The monoisotopic (exact) mass is 309 g/mol. The maximum absolute atomic E-state index is 12.4. The van der Waals surface area contributed by atoms with Crippen LogP contribution in [0.4, 0.5) is 0 Å². The third-order valence-corrected chi connectivity index (χ3v) is 4.64. The lowest BCUT2D eigenvalue weighted by Crippen LogP contribution is -2.32. The van der Waals surface area contributed by atoms with E-state index >= 15 is 0 Å². The fraction of sp³-hybridized carbons (Fsp3) is 0.350. The third-order valence-electron chi connectivity index (χ3n) is 4.64. The highest BCUT2D eigenvalue weighted by atomic mass is 16.3. The Morgan fingerprint density at radius 2 is 1.87 bits per heavy atom. The minimum Gasteiger partial charge on any atom is -0.394 e. The van der Waals surface area contributed by atoms with Crippen LogP contribution in [-0.2, 0) is 11.2 Å². The van der Waals surface area contributed by atoms with Gasteiger partial charge in [-0.05, 0) is 35.4 Å². The van der Waals surface area contributed by atoms with Crippen LogP contribution in [0, 0.1) is 5.92 Å². The second-order valence-corrected chi connectivity index (χ2v) is 6.20. The molecule has 2 N–H and O–H groups in total.